The van der Waals surface area contributed by atoms with E-state index in [1.807, 2.05) is 19.1 Å². The van der Waals surface area contributed by atoms with Crippen LogP contribution >= 0.6 is 115 Å². The number of aromatic hydroxyl groups is 1. The first kappa shape index (κ1) is 33.9. The van der Waals surface area contributed by atoms with Gasteiger partial charge >= 0.3 is 5.97 Å². The van der Waals surface area contributed by atoms with E-state index < -0.39 is 6.04 Å². The number of rotatable bonds is 11. The lowest BCUT2D eigenvalue weighted by atomic mass is 10.1. The maximum atomic E-state index is 12.4. The molecule has 0 saturated carbocycles. The Bertz CT molecular complexity index is 876. The fourth-order valence-electron chi connectivity index (χ4n) is 2.81. The van der Waals surface area contributed by atoms with Crippen LogP contribution in [0.4, 0.5) is 0 Å². The van der Waals surface area contributed by atoms with Crippen LogP contribution in [-0.4, -0.2) is 36.8 Å². The summed E-state index contributed by atoms with van der Waals surface area (Å²) in [4.78, 5) is 12.4. The number of ether oxygens (including phenoxy) is 2. The van der Waals surface area contributed by atoms with Crippen LogP contribution in [-0.2, 0) is 16.0 Å². The third kappa shape index (κ3) is 10.8. The number of hydrogen-bond donors (Lipinski definition) is 3. The van der Waals surface area contributed by atoms with Crippen molar-refractivity contribution in [1.82, 2.24) is 5.32 Å². The first-order chi connectivity index (χ1) is 14.8. The van der Waals surface area contributed by atoms with Crippen LogP contribution in [0.5, 0.6) is 17.2 Å². The molecule has 0 spiro atoms. The number of nitrogens with two attached hydrogens (primary N) is 1. The lowest BCUT2D eigenvalue weighted by Gasteiger charge is -2.19. The zero-order valence-corrected chi connectivity index (χ0v) is 28.0. The molecule has 6 nitrogen and oxygen atoms in total. The molecule has 0 radical (unpaired) electrons. The molecule has 0 aromatic heterocycles. The number of carbonyl (C=O) groups is 1. The molecule has 2 aromatic rings. The van der Waals surface area contributed by atoms with E-state index in [1.54, 1.807) is 12.1 Å². The van der Waals surface area contributed by atoms with Crippen molar-refractivity contribution in [2.75, 3.05) is 19.7 Å². The molecule has 0 fully saturated rings. The minimum absolute atomic E-state index is 0. The van der Waals surface area contributed by atoms with Crippen molar-refractivity contribution in [2.24, 2.45) is 5.73 Å². The molecule has 186 valence electrons. The number of benzene rings is 2. The van der Waals surface area contributed by atoms with Crippen molar-refractivity contribution < 1.29 is 19.4 Å². The minimum Gasteiger partial charge on any atom is -0.506 e. The lowest BCUT2D eigenvalue weighted by Crippen LogP contribution is -2.40. The van der Waals surface area contributed by atoms with Gasteiger partial charge in [-0.15, -0.1) is 24.8 Å². The summed E-state index contributed by atoms with van der Waals surface area (Å²) < 4.78 is 14.8. The number of halogens is 6. The zero-order valence-electron chi connectivity index (χ0n) is 17.7. The Morgan fingerprint density at radius 3 is 2.12 bits per heavy atom. The van der Waals surface area contributed by atoms with E-state index in [-0.39, 0.29) is 36.5 Å². The molecule has 4 N–H and O–H groups in total. The lowest BCUT2D eigenvalue weighted by molar-refractivity contribution is -0.145. The number of carbonyl (C=O) groups excluding carboxylic acids is 1. The van der Waals surface area contributed by atoms with Gasteiger partial charge in [0.1, 0.15) is 17.5 Å². The average Bonchev–Trinajstić information content (AvgIpc) is 2.71. The highest BCUT2D eigenvalue weighted by Crippen LogP contribution is 2.37. The standard InChI is InChI=1S/C21H24I4N2O4.2ClH/c1-2-30-21(29)18(27-6-4-3-5-26)9-12-7-16(24)20(17(25)8-12)31-13-10-14(22)19(28)15(23)11-13;;/h7-8,10-11,18,27-28H,2-6,9,26H2,1H3;2*1H/t18-;;/m0../s1. The van der Waals surface area contributed by atoms with Gasteiger partial charge in [0.05, 0.1) is 20.9 Å². The summed E-state index contributed by atoms with van der Waals surface area (Å²) in [6.45, 7) is 3.52. The van der Waals surface area contributed by atoms with E-state index in [0.29, 0.717) is 31.9 Å². The van der Waals surface area contributed by atoms with Crippen LogP contribution in [0.25, 0.3) is 0 Å². The fourth-order valence-corrected chi connectivity index (χ4v) is 6.64. The molecular weight excluding hydrogens is 923 g/mol. The van der Waals surface area contributed by atoms with Gasteiger partial charge in [-0.3, -0.25) is 4.79 Å². The van der Waals surface area contributed by atoms with Gasteiger partial charge in [-0.2, -0.15) is 0 Å². The van der Waals surface area contributed by atoms with Crippen LogP contribution in [0.1, 0.15) is 25.3 Å². The molecule has 0 aliphatic rings. The second-order valence-corrected chi connectivity index (χ2v) is 11.3. The summed E-state index contributed by atoms with van der Waals surface area (Å²) in [7, 11) is 0. The Morgan fingerprint density at radius 2 is 1.61 bits per heavy atom. The SMILES string of the molecule is CCOC(=O)[C@H](Cc1cc(I)c(Oc2cc(I)c(O)c(I)c2)c(I)c1)NCCCCN.Cl.Cl. The van der Waals surface area contributed by atoms with Crippen molar-refractivity contribution in [1.29, 1.82) is 0 Å². The molecule has 2 rings (SSSR count). The van der Waals surface area contributed by atoms with E-state index in [2.05, 4.69) is 95.7 Å². The topological polar surface area (TPSA) is 93.8 Å². The molecule has 1 atom stereocenters. The highest BCUT2D eigenvalue weighted by Gasteiger charge is 2.21. The number of esters is 1. The molecule has 0 bridgehead atoms. The van der Waals surface area contributed by atoms with Crippen molar-refractivity contribution in [3.05, 3.63) is 44.1 Å². The number of hydrogen-bond acceptors (Lipinski definition) is 6. The van der Waals surface area contributed by atoms with E-state index in [4.69, 9.17) is 15.2 Å². The minimum atomic E-state index is -0.406. The Morgan fingerprint density at radius 1 is 1.03 bits per heavy atom. The summed E-state index contributed by atoms with van der Waals surface area (Å²) >= 11 is 8.67. The first-order valence-electron chi connectivity index (χ1n) is 9.70. The summed E-state index contributed by atoms with van der Waals surface area (Å²) in [5.41, 5.74) is 6.58. The molecule has 2 aromatic carbocycles. The molecule has 0 unspecified atom stereocenters. The largest absolute Gasteiger partial charge is 0.506 e. The van der Waals surface area contributed by atoms with Crippen molar-refractivity contribution >= 4 is 121 Å². The van der Waals surface area contributed by atoms with Crippen molar-refractivity contribution in [3.8, 4) is 17.2 Å². The van der Waals surface area contributed by atoms with E-state index in [0.717, 1.165) is 38.4 Å². The highest BCUT2D eigenvalue weighted by molar-refractivity contribution is 14.1. The second-order valence-electron chi connectivity index (χ2n) is 6.68. The van der Waals surface area contributed by atoms with Gasteiger partial charge in [0.2, 0.25) is 0 Å². The Kier molecular flexibility index (Phi) is 17.9. The normalized spacial score (nSPS) is 11.2. The number of unbranched alkanes of at least 4 members (excludes halogenated alkanes) is 1. The summed E-state index contributed by atoms with van der Waals surface area (Å²) in [5.74, 6) is 1.44. The molecule has 0 aliphatic heterocycles. The van der Waals surface area contributed by atoms with Gasteiger partial charge in [0, 0.05) is 0 Å². The second kappa shape index (κ2) is 17.4. The fraction of sp³-hybridized carbons (Fsp3) is 0.381. The number of nitrogens with one attached hydrogen (secondary N) is 1. The maximum Gasteiger partial charge on any atom is 0.323 e. The third-order valence-electron chi connectivity index (χ3n) is 4.30. The van der Waals surface area contributed by atoms with Crippen LogP contribution in [0, 0.1) is 14.3 Å². The van der Waals surface area contributed by atoms with Crippen molar-refractivity contribution in [2.45, 2.75) is 32.2 Å². The predicted molar refractivity (Wildman–Crippen MR) is 170 cm³/mol. The summed E-state index contributed by atoms with van der Waals surface area (Å²) in [5, 5.41) is 13.3. The van der Waals surface area contributed by atoms with Gasteiger partial charge in [0.15, 0.2) is 5.75 Å². The first-order valence-corrected chi connectivity index (χ1v) is 14.0. The van der Waals surface area contributed by atoms with Gasteiger partial charge in [-0.05, 0) is 159 Å². The van der Waals surface area contributed by atoms with Gasteiger partial charge in [-0.25, -0.2) is 0 Å². The summed E-state index contributed by atoms with van der Waals surface area (Å²) in [6, 6.07) is 7.27. The van der Waals surface area contributed by atoms with Crippen LogP contribution < -0.4 is 15.8 Å². The van der Waals surface area contributed by atoms with E-state index in [9.17, 15) is 9.90 Å². The average molecular weight is 949 g/mol. The summed E-state index contributed by atoms with van der Waals surface area (Å²) in [6.07, 6.45) is 2.36. The molecular formula is C21H26Cl2I4N2O4. The maximum absolute atomic E-state index is 12.4. The molecule has 0 heterocycles. The molecule has 0 saturated heterocycles. The highest BCUT2D eigenvalue weighted by atomic mass is 127. The predicted octanol–water partition coefficient (Wildman–Crippen LogP) is 6.25. The van der Waals surface area contributed by atoms with Gasteiger partial charge in [-0.1, -0.05) is 0 Å². The smallest absolute Gasteiger partial charge is 0.323 e. The Labute approximate surface area is 261 Å². The van der Waals surface area contributed by atoms with Crippen molar-refractivity contribution in [3.63, 3.8) is 0 Å². The van der Waals surface area contributed by atoms with Crippen LogP contribution in [0.2, 0.25) is 0 Å². The molecule has 12 heteroatoms. The Hall–Kier alpha value is 0.930. The zero-order chi connectivity index (χ0) is 23.0. The quantitative estimate of drug-likeness (QED) is 0.140. The number of phenols is 1. The van der Waals surface area contributed by atoms with Gasteiger partial charge in [0.25, 0.3) is 0 Å². The van der Waals surface area contributed by atoms with Crippen LogP contribution in [0.3, 0.4) is 0 Å². The van der Waals surface area contributed by atoms with E-state index >= 15 is 0 Å². The van der Waals surface area contributed by atoms with E-state index in [1.165, 1.54) is 0 Å². The molecule has 0 aliphatic carbocycles. The number of phenolic OH excluding ortho intramolecular Hbond substituents is 1. The van der Waals surface area contributed by atoms with Gasteiger partial charge < -0.3 is 25.6 Å². The Balaban J connectivity index is 0.00000512. The molecule has 0 amide bonds. The third-order valence-corrected chi connectivity index (χ3v) is 7.55. The van der Waals surface area contributed by atoms with Crippen LogP contribution in [0.15, 0.2) is 24.3 Å². The monoisotopic (exact) mass is 948 g/mol. The molecule has 33 heavy (non-hydrogen) atoms.